The Kier molecular flexibility index (Phi) is 5.58. The maximum atomic E-state index is 12.6. The van der Waals surface area contributed by atoms with Gasteiger partial charge in [0.05, 0.1) is 29.1 Å². The molecule has 0 heterocycles. The summed E-state index contributed by atoms with van der Waals surface area (Å²) in [5.74, 6) is 0.568. The lowest BCUT2D eigenvalue weighted by Crippen LogP contribution is -2.26. The topological polar surface area (TPSA) is 92.8 Å². The number of hydrogen-bond donors (Lipinski definition) is 1. The molecule has 25 heavy (non-hydrogen) atoms. The first-order valence-electron chi connectivity index (χ1n) is 7.44. The molecule has 136 valence electrons. The van der Waals surface area contributed by atoms with Gasteiger partial charge in [0.2, 0.25) is 10.0 Å². The van der Waals surface area contributed by atoms with Gasteiger partial charge in [-0.15, -0.1) is 0 Å². The maximum Gasteiger partial charge on any atom is 0.261 e. The van der Waals surface area contributed by atoms with Crippen LogP contribution in [0.5, 0.6) is 5.75 Å². The Morgan fingerprint density at radius 2 is 1.60 bits per heavy atom. The van der Waals surface area contributed by atoms with E-state index < -0.39 is 20.0 Å². The molecule has 0 unspecified atom stereocenters. The van der Waals surface area contributed by atoms with Gasteiger partial charge in [0.15, 0.2) is 0 Å². The molecular weight excluding hydrogens is 364 g/mol. The molecule has 0 amide bonds. The number of rotatable bonds is 7. The third-order valence-corrected chi connectivity index (χ3v) is 6.00. The summed E-state index contributed by atoms with van der Waals surface area (Å²) in [7, 11) is -6.04. The highest BCUT2D eigenvalue weighted by Crippen LogP contribution is 2.28. The molecule has 0 saturated heterocycles. The van der Waals surface area contributed by atoms with E-state index in [1.807, 2.05) is 6.92 Å². The number of hydrogen-bond acceptors (Lipinski definition) is 5. The van der Waals surface area contributed by atoms with Crippen molar-refractivity contribution in [2.75, 3.05) is 28.9 Å². The van der Waals surface area contributed by atoms with Crippen molar-refractivity contribution in [2.24, 2.45) is 0 Å². The highest BCUT2D eigenvalue weighted by molar-refractivity contribution is 7.93. The number of benzene rings is 2. The molecule has 0 saturated carbocycles. The van der Waals surface area contributed by atoms with Crippen molar-refractivity contribution in [1.29, 1.82) is 0 Å². The fourth-order valence-corrected chi connectivity index (χ4v) is 3.69. The minimum Gasteiger partial charge on any atom is -0.494 e. The van der Waals surface area contributed by atoms with Crippen LogP contribution in [0, 0.1) is 0 Å². The largest absolute Gasteiger partial charge is 0.494 e. The van der Waals surface area contributed by atoms with E-state index in [1.165, 1.54) is 31.3 Å². The quantitative estimate of drug-likeness (QED) is 0.791. The van der Waals surface area contributed by atoms with Gasteiger partial charge in [0, 0.05) is 7.05 Å². The Balaban J connectivity index is 2.35. The Labute approximate surface area is 148 Å². The lowest BCUT2D eigenvalue weighted by Gasteiger charge is -2.20. The third kappa shape index (κ3) is 4.64. The second kappa shape index (κ2) is 7.32. The second-order valence-electron chi connectivity index (χ2n) is 5.26. The number of ether oxygens (including phenoxy) is 1. The summed E-state index contributed by atoms with van der Waals surface area (Å²) in [6, 6.07) is 12.3. The third-order valence-electron chi connectivity index (χ3n) is 3.43. The molecule has 0 spiro atoms. The van der Waals surface area contributed by atoms with Crippen molar-refractivity contribution < 1.29 is 21.6 Å². The smallest absolute Gasteiger partial charge is 0.261 e. The van der Waals surface area contributed by atoms with Gasteiger partial charge in [0.25, 0.3) is 10.0 Å². The van der Waals surface area contributed by atoms with E-state index >= 15 is 0 Å². The van der Waals surface area contributed by atoms with E-state index in [-0.39, 0.29) is 16.3 Å². The minimum absolute atomic E-state index is 0.0489. The standard InChI is InChI=1S/C16H20N2O5S2/c1-4-23-13-9-11-14(12-10-13)25(21,22)17-15-7-5-6-8-16(15)18(2)24(3,19)20/h5-12,17H,4H2,1-3H3. The second-order valence-corrected chi connectivity index (χ2v) is 8.95. The normalized spacial score (nSPS) is 11.8. The number of anilines is 2. The van der Waals surface area contributed by atoms with Crippen LogP contribution < -0.4 is 13.8 Å². The van der Waals surface area contributed by atoms with Crippen LogP contribution in [-0.2, 0) is 20.0 Å². The lowest BCUT2D eigenvalue weighted by atomic mass is 10.3. The van der Waals surface area contributed by atoms with Crippen molar-refractivity contribution >= 4 is 31.4 Å². The summed E-state index contributed by atoms with van der Waals surface area (Å²) in [6.45, 7) is 2.32. The number of nitrogens with zero attached hydrogens (tertiary/aromatic N) is 1. The molecule has 9 heteroatoms. The van der Waals surface area contributed by atoms with E-state index in [1.54, 1.807) is 24.3 Å². The Bertz CT molecular complexity index is 939. The first-order chi connectivity index (χ1) is 11.6. The zero-order chi connectivity index (χ0) is 18.7. The summed E-state index contributed by atoms with van der Waals surface area (Å²) >= 11 is 0. The van der Waals surface area contributed by atoms with Crippen molar-refractivity contribution in [2.45, 2.75) is 11.8 Å². The van der Waals surface area contributed by atoms with Crippen LogP contribution in [0.4, 0.5) is 11.4 Å². The van der Waals surface area contributed by atoms with E-state index in [0.29, 0.717) is 12.4 Å². The van der Waals surface area contributed by atoms with Gasteiger partial charge in [0.1, 0.15) is 5.75 Å². The first kappa shape index (κ1) is 19.1. The molecule has 2 aromatic carbocycles. The molecule has 7 nitrogen and oxygen atoms in total. The van der Waals surface area contributed by atoms with Crippen LogP contribution in [0.1, 0.15) is 6.92 Å². The van der Waals surface area contributed by atoms with Gasteiger partial charge in [-0.25, -0.2) is 16.8 Å². The van der Waals surface area contributed by atoms with Gasteiger partial charge in [-0.2, -0.15) is 0 Å². The molecule has 1 N–H and O–H groups in total. The molecule has 0 aromatic heterocycles. The summed E-state index contributed by atoms with van der Waals surface area (Å²) in [5, 5.41) is 0. The minimum atomic E-state index is -3.87. The lowest BCUT2D eigenvalue weighted by molar-refractivity contribution is 0.340. The van der Waals surface area contributed by atoms with Crippen LogP contribution >= 0.6 is 0 Å². The molecule has 0 aliphatic heterocycles. The fraction of sp³-hybridized carbons (Fsp3) is 0.250. The number of sulfonamides is 2. The van der Waals surface area contributed by atoms with Gasteiger partial charge in [-0.1, -0.05) is 12.1 Å². The zero-order valence-corrected chi connectivity index (χ0v) is 15.8. The molecule has 0 aliphatic rings. The Hall–Kier alpha value is -2.26. The predicted octanol–water partition coefficient (Wildman–Crippen LogP) is 2.28. The molecule has 0 radical (unpaired) electrons. The summed E-state index contributed by atoms with van der Waals surface area (Å²) < 4.78 is 57.4. The average molecular weight is 384 g/mol. The van der Waals surface area contributed by atoms with Crippen LogP contribution in [0.15, 0.2) is 53.4 Å². The van der Waals surface area contributed by atoms with Crippen LogP contribution in [0.2, 0.25) is 0 Å². The molecule has 2 rings (SSSR count). The predicted molar refractivity (Wildman–Crippen MR) is 98.1 cm³/mol. The fourth-order valence-electron chi connectivity index (χ4n) is 2.10. The summed E-state index contributed by atoms with van der Waals surface area (Å²) in [5.41, 5.74) is 0.406. The van der Waals surface area contributed by atoms with E-state index in [9.17, 15) is 16.8 Å². The Morgan fingerprint density at radius 1 is 1.00 bits per heavy atom. The van der Waals surface area contributed by atoms with Crippen molar-refractivity contribution in [3.05, 3.63) is 48.5 Å². The molecule has 0 bridgehead atoms. The monoisotopic (exact) mass is 384 g/mol. The Morgan fingerprint density at radius 3 is 2.16 bits per heavy atom. The molecule has 0 atom stereocenters. The molecule has 2 aromatic rings. The maximum absolute atomic E-state index is 12.6. The van der Waals surface area contributed by atoms with Gasteiger partial charge < -0.3 is 4.74 Å². The molecular formula is C16H20N2O5S2. The number of para-hydroxylation sites is 2. The van der Waals surface area contributed by atoms with Crippen molar-refractivity contribution in [3.8, 4) is 5.75 Å². The summed E-state index contributed by atoms with van der Waals surface area (Å²) in [4.78, 5) is 0.0489. The van der Waals surface area contributed by atoms with Gasteiger partial charge in [-0.05, 0) is 43.3 Å². The van der Waals surface area contributed by atoms with Gasteiger partial charge in [-0.3, -0.25) is 9.03 Å². The number of nitrogens with one attached hydrogen (secondary N) is 1. The van der Waals surface area contributed by atoms with E-state index in [4.69, 9.17) is 4.74 Å². The SMILES string of the molecule is CCOc1ccc(S(=O)(=O)Nc2ccccc2N(C)S(C)(=O)=O)cc1. The van der Waals surface area contributed by atoms with Crippen LogP contribution in [0.3, 0.4) is 0 Å². The first-order valence-corrected chi connectivity index (χ1v) is 10.8. The highest BCUT2D eigenvalue weighted by Gasteiger charge is 2.20. The van der Waals surface area contributed by atoms with E-state index in [0.717, 1.165) is 10.6 Å². The zero-order valence-electron chi connectivity index (χ0n) is 14.1. The van der Waals surface area contributed by atoms with Crippen LogP contribution in [-0.4, -0.2) is 36.7 Å². The molecule has 0 fully saturated rings. The van der Waals surface area contributed by atoms with Crippen LogP contribution in [0.25, 0.3) is 0 Å². The van der Waals surface area contributed by atoms with E-state index in [2.05, 4.69) is 4.72 Å². The average Bonchev–Trinajstić information content (AvgIpc) is 2.54. The highest BCUT2D eigenvalue weighted by atomic mass is 32.2. The van der Waals surface area contributed by atoms with Crippen molar-refractivity contribution in [1.82, 2.24) is 0 Å². The summed E-state index contributed by atoms with van der Waals surface area (Å²) in [6.07, 6.45) is 1.05. The van der Waals surface area contributed by atoms with Crippen molar-refractivity contribution in [3.63, 3.8) is 0 Å². The molecule has 0 aliphatic carbocycles. The van der Waals surface area contributed by atoms with Gasteiger partial charge >= 0.3 is 0 Å².